The van der Waals surface area contributed by atoms with Crippen molar-refractivity contribution >= 4 is 31.3 Å². The minimum absolute atomic E-state index is 0.113. The molecule has 0 radical (unpaired) electrons. The minimum Gasteiger partial charge on any atom is -0.325 e. The lowest BCUT2D eigenvalue weighted by Crippen LogP contribution is -2.07. The fourth-order valence-corrected chi connectivity index (χ4v) is 3.10. The molecule has 0 bridgehead atoms. The van der Waals surface area contributed by atoms with Crippen molar-refractivity contribution in [1.82, 2.24) is 0 Å². The van der Waals surface area contributed by atoms with E-state index in [1.54, 1.807) is 0 Å². The second kappa shape index (κ2) is 3.99. The molecule has 1 heterocycles. The summed E-state index contributed by atoms with van der Waals surface area (Å²) in [7, 11) is 1.66. The Morgan fingerprint density at radius 2 is 2.06 bits per heavy atom. The summed E-state index contributed by atoms with van der Waals surface area (Å²) in [6.07, 6.45) is 0.297. The molecule has 17 heavy (non-hydrogen) atoms. The van der Waals surface area contributed by atoms with E-state index >= 15 is 0 Å². The van der Waals surface area contributed by atoms with Crippen molar-refractivity contribution < 1.29 is 13.2 Å². The second-order valence-electron chi connectivity index (χ2n) is 4.24. The van der Waals surface area contributed by atoms with Gasteiger partial charge in [-0.15, -0.1) is 0 Å². The first-order chi connectivity index (χ1) is 7.78. The molecular formula is C11H12ClNO3S. The zero-order valence-electron chi connectivity index (χ0n) is 9.50. The number of carbonyl (C=O) groups is 1. The number of hydrogen-bond donors (Lipinski definition) is 1. The van der Waals surface area contributed by atoms with E-state index in [1.807, 2.05) is 19.9 Å². The highest BCUT2D eigenvalue weighted by Gasteiger charge is 2.25. The molecule has 0 unspecified atom stereocenters. The molecule has 1 N–H and O–H groups in total. The molecule has 1 aromatic carbocycles. The van der Waals surface area contributed by atoms with Crippen LogP contribution in [0.5, 0.6) is 0 Å². The lowest BCUT2D eigenvalue weighted by Gasteiger charge is -2.13. The molecule has 2 rings (SSSR count). The number of halogens is 1. The number of rotatable bonds is 2. The fourth-order valence-electron chi connectivity index (χ4n) is 2.07. The first-order valence-electron chi connectivity index (χ1n) is 5.12. The van der Waals surface area contributed by atoms with Crippen molar-refractivity contribution in [1.29, 1.82) is 0 Å². The summed E-state index contributed by atoms with van der Waals surface area (Å²) < 4.78 is 22.4. The number of anilines is 1. The highest BCUT2D eigenvalue weighted by Crippen LogP contribution is 2.33. The van der Waals surface area contributed by atoms with Gasteiger partial charge < -0.3 is 5.32 Å². The van der Waals surface area contributed by atoms with Crippen LogP contribution in [0, 0.1) is 13.8 Å². The van der Waals surface area contributed by atoms with Gasteiger partial charge in [0, 0.05) is 16.4 Å². The van der Waals surface area contributed by atoms with Crippen LogP contribution in [-0.4, -0.2) is 14.3 Å². The van der Waals surface area contributed by atoms with Crippen LogP contribution in [0.2, 0.25) is 0 Å². The number of carbonyl (C=O) groups excluding carboxylic acids is 1. The summed E-state index contributed by atoms with van der Waals surface area (Å²) >= 11 is 0. The molecule has 0 saturated heterocycles. The summed E-state index contributed by atoms with van der Waals surface area (Å²) in [5, 5.41) is 2.69. The van der Waals surface area contributed by atoms with E-state index in [2.05, 4.69) is 5.32 Å². The topological polar surface area (TPSA) is 63.2 Å². The molecular weight excluding hydrogens is 262 g/mol. The number of fused-ring (bicyclic) bond motifs is 1. The molecule has 0 fully saturated rings. The van der Waals surface area contributed by atoms with Crippen LogP contribution < -0.4 is 5.32 Å². The van der Waals surface area contributed by atoms with Gasteiger partial charge in [0.2, 0.25) is 15.0 Å². The zero-order valence-corrected chi connectivity index (χ0v) is 11.1. The molecule has 1 amide bonds. The molecule has 1 aromatic rings. The van der Waals surface area contributed by atoms with Gasteiger partial charge >= 0.3 is 0 Å². The van der Waals surface area contributed by atoms with Crippen molar-refractivity contribution in [2.24, 2.45) is 0 Å². The van der Waals surface area contributed by atoms with E-state index in [1.165, 1.54) is 0 Å². The number of aryl methyl sites for hydroxylation is 1. The number of benzene rings is 1. The Hall–Kier alpha value is -1.07. The van der Waals surface area contributed by atoms with Crippen LogP contribution in [0.1, 0.15) is 22.3 Å². The van der Waals surface area contributed by atoms with E-state index in [-0.39, 0.29) is 11.7 Å². The lowest BCUT2D eigenvalue weighted by atomic mass is 9.98. The van der Waals surface area contributed by atoms with Crippen LogP contribution in [-0.2, 0) is 26.0 Å². The highest BCUT2D eigenvalue weighted by atomic mass is 35.7. The molecule has 0 spiro atoms. The van der Waals surface area contributed by atoms with Crippen molar-refractivity contribution in [2.75, 3.05) is 5.32 Å². The van der Waals surface area contributed by atoms with E-state index < -0.39 is 9.05 Å². The Labute approximate surface area is 104 Å². The summed E-state index contributed by atoms with van der Waals surface area (Å²) in [4.78, 5) is 11.3. The Morgan fingerprint density at radius 3 is 2.65 bits per heavy atom. The van der Waals surface area contributed by atoms with Gasteiger partial charge in [-0.05, 0) is 36.1 Å². The largest absolute Gasteiger partial charge is 0.325 e. The fraction of sp³-hybridized carbons (Fsp3) is 0.364. The van der Waals surface area contributed by atoms with Gasteiger partial charge in [0.15, 0.2) is 0 Å². The van der Waals surface area contributed by atoms with Gasteiger partial charge in [-0.2, -0.15) is 0 Å². The Kier molecular flexibility index (Phi) is 2.91. The van der Waals surface area contributed by atoms with Gasteiger partial charge in [0.05, 0.1) is 12.2 Å². The third-order valence-electron chi connectivity index (χ3n) is 2.99. The predicted octanol–water partition coefficient (Wildman–Crippen LogP) is 1.87. The van der Waals surface area contributed by atoms with Gasteiger partial charge in [-0.3, -0.25) is 4.79 Å². The first-order valence-corrected chi connectivity index (χ1v) is 7.60. The molecule has 4 nitrogen and oxygen atoms in total. The van der Waals surface area contributed by atoms with Crippen molar-refractivity contribution in [3.63, 3.8) is 0 Å². The Balaban J connectivity index is 2.62. The third kappa shape index (κ3) is 2.45. The standard InChI is InChI=1S/C11H12ClNO3S/c1-6-3-8-4-10(14)13-11(8)9(7(6)2)5-17(12,15)16/h3H,4-5H2,1-2H3,(H,13,14). The molecule has 1 aliphatic rings. The molecule has 6 heteroatoms. The average molecular weight is 274 g/mol. The number of hydrogen-bond acceptors (Lipinski definition) is 3. The molecule has 1 aliphatic heterocycles. The SMILES string of the molecule is Cc1cc2c(c(CS(=O)(=O)Cl)c1C)NC(=O)C2. The van der Waals surface area contributed by atoms with Crippen LogP contribution in [0.25, 0.3) is 0 Å². The summed E-state index contributed by atoms with van der Waals surface area (Å²) in [6.45, 7) is 3.72. The van der Waals surface area contributed by atoms with Crippen LogP contribution in [0.15, 0.2) is 6.07 Å². The van der Waals surface area contributed by atoms with Gasteiger partial charge in [-0.1, -0.05) is 6.07 Å². The lowest BCUT2D eigenvalue weighted by molar-refractivity contribution is -0.115. The van der Waals surface area contributed by atoms with Crippen LogP contribution in [0.4, 0.5) is 5.69 Å². The van der Waals surface area contributed by atoms with Crippen molar-refractivity contribution in [3.8, 4) is 0 Å². The molecule has 92 valence electrons. The summed E-state index contributed by atoms with van der Waals surface area (Å²) in [6, 6.07) is 1.91. The monoisotopic (exact) mass is 273 g/mol. The third-order valence-corrected chi connectivity index (χ3v) is 3.95. The minimum atomic E-state index is -3.63. The quantitative estimate of drug-likeness (QED) is 0.837. The second-order valence-corrected chi connectivity index (χ2v) is 7.02. The van der Waals surface area contributed by atoms with Gasteiger partial charge in [0.25, 0.3) is 0 Å². The Bertz CT molecular complexity index is 608. The smallest absolute Gasteiger partial charge is 0.236 e. The Morgan fingerprint density at radius 1 is 1.41 bits per heavy atom. The molecule has 0 aliphatic carbocycles. The molecule has 0 atom stereocenters. The predicted molar refractivity (Wildman–Crippen MR) is 66.7 cm³/mol. The van der Waals surface area contributed by atoms with Crippen molar-refractivity contribution in [2.45, 2.75) is 26.0 Å². The van der Waals surface area contributed by atoms with Crippen LogP contribution in [0.3, 0.4) is 0 Å². The highest BCUT2D eigenvalue weighted by molar-refractivity contribution is 8.13. The van der Waals surface area contributed by atoms with Gasteiger partial charge in [0.1, 0.15) is 0 Å². The van der Waals surface area contributed by atoms with E-state index in [0.29, 0.717) is 17.7 Å². The molecule has 0 saturated carbocycles. The maximum Gasteiger partial charge on any atom is 0.236 e. The summed E-state index contributed by atoms with van der Waals surface area (Å²) in [5.41, 5.74) is 3.88. The maximum absolute atomic E-state index is 11.3. The number of nitrogens with one attached hydrogen (secondary N) is 1. The molecule has 0 aromatic heterocycles. The summed E-state index contributed by atoms with van der Waals surface area (Å²) in [5.74, 6) is -0.372. The number of amides is 1. The first kappa shape index (κ1) is 12.4. The van der Waals surface area contributed by atoms with Gasteiger partial charge in [-0.25, -0.2) is 8.42 Å². The van der Waals surface area contributed by atoms with E-state index in [4.69, 9.17) is 10.7 Å². The van der Waals surface area contributed by atoms with Crippen LogP contribution >= 0.6 is 10.7 Å². The van der Waals surface area contributed by atoms with Crippen molar-refractivity contribution in [3.05, 3.63) is 28.3 Å². The maximum atomic E-state index is 11.3. The average Bonchev–Trinajstić information content (AvgIpc) is 2.52. The van der Waals surface area contributed by atoms with E-state index in [9.17, 15) is 13.2 Å². The normalized spacial score (nSPS) is 14.6. The van der Waals surface area contributed by atoms with E-state index in [0.717, 1.165) is 16.7 Å². The zero-order chi connectivity index (χ0) is 12.8.